The van der Waals surface area contributed by atoms with Crippen LogP contribution in [0.4, 0.5) is 0 Å². The molecule has 0 aromatic carbocycles. The third-order valence-corrected chi connectivity index (χ3v) is 4.05. The number of rotatable bonds is 8. The molecule has 1 saturated heterocycles. The number of hydrogen-bond donors (Lipinski definition) is 1. The molecule has 1 aliphatic rings. The van der Waals surface area contributed by atoms with Crippen molar-refractivity contribution in [1.82, 2.24) is 10.2 Å². The minimum Gasteiger partial charge on any atom is -0.353 e. The number of nitrogens with zero attached hydrogens (tertiary/aromatic N) is 1. The number of hydrogen-bond acceptors (Lipinski definition) is 2. The fourth-order valence-corrected chi connectivity index (χ4v) is 2.47. The van der Waals surface area contributed by atoms with E-state index in [1.807, 2.05) is 0 Å². The summed E-state index contributed by atoms with van der Waals surface area (Å²) < 4.78 is 0. The van der Waals surface area contributed by atoms with Crippen molar-refractivity contribution >= 4 is 23.2 Å². The van der Waals surface area contributed by atoms with Gasteiger partial charge in [0, 0.05) is 6.54 Å². The van der Waals surface area contributed by atoms with Crippen molar-refractivity contribution in [1.29, 1.82) is 0 Å². The van der Waals surface area contributed by atoms with E-state index in [2.05, 4.69) is 51.2 Å². The summed E-state index contributed by atoms with van der Waals surface area (Å²) in [6.07, 6.45) is 11.1. The maximum absolute atomic E-state index is 11.6. The molecule has 0 aromatic heterocycles. The van der Waals surface area contributed by atoms with E-state index in [1.54, 1.807) is 4.90 Å². The van der Waals surface area contributed by atoms with Gasteiger partial charge in [-0.05, 0) is 65.6 Å². The van der Waals surface area contributed by atoms with Gasteiger partial charge in [0.2, 0.25) is 5.91 Å². The van der Waals surface area contributed by atoms with E-state index in [-0.39, 0.29) is 5.91 Å². The van der Waals surface area contributed by atoms with Crippen molar-refractivity contribution in [3.63, 3.8) is 0 Å². The molecule has 0 bridgehead atoms. The lowest BCUT2D eigenvalue weighted by atomic mass is 10.1. The van der Waals surface area contributed by atoms with E-state index >= 15 is 0 Å². The fourth-order valence-electron chi connectivity index (χ4n) is 2.23. The predicted octanol–water partition coefficient (Wildman–Crippen LogP) is 4.12. The van der Waals surface area contributed by atoms with Crippen LogP contribution in [0.1, 0.15) is 53.4 Å². The Hall–Kier alpha value is -1.42. The molecular formula is C18H28N2OS. The number of amides is 1. The van der Waals surface area contributed by atoms with E-state index in [9.17, 15) is 4.79 Å². The normalized spacial score (nSPS) is 16.1. The van der Waals surface area contributed by atoms with Crippen LogP contribution in [-0.2, 0) is 4.79 Å². The highest BCUT2D eigenvalue weighted by Gasteiger charge is 2.23. The van der Waals surface area contributed by atoms with E-state index in [4.69, 9.17) is 12.2 Å². The van der Waals surface area contributed by atoms with Gasteiger partial charge in [0.05, 0.1) is 6.54 Å². The van der Waals surface area contributed by atoms with Gasteiger partial charge in [0.15, 0.2) is 5.11 Å². The molecule has 0 unspecified atom stereocenters. The van der Waals surface area contributed by atoms with E-state index in [1.165, 1.54) is 16.7 Å². The Labute approximate surface area is 140 Å². The lowest BCUT2D eigenvalue weighted by molar-refractivity contribution is -0.124. The first-order valence-electron chi connectivity index (χ1n) is 7.93. The zero-order chi connectivity index (χ0) is 16.5. The second-order valence-electron chi connectivity index (χ2n) is 6.12. The predicted molar refractivity (Wildman–Crippen MR) is 97.7 cm³/mol. The summed E-state index contributed by atoms with van der Waals surface area (Å²) in [6.45, 7) is 9.51. The molecule has 3 nitrogen and oxygen atoms in total. The molecule has 0 aliphatic carbocycles. The lowest BCUT2D eigenvalue weighted by Gasteiger charge is -2.12. The Morgan fingerprint density at radius 3 is 2.23 bits per heavy atom. The molecule has 1 aliphatic heterocycles. The van der Waals surface area contributed by atoms with Crippen LogP contribution in [0.3, 0.4) is 0 Å². The number of thiocarbonyl (C=S) groups is 1. The molecule has 0 saturated carbocycles. The van der Waals surface area contributed by atoms with Crippen molar-refractivity contribution in [2.45, 2.75) is 53.4 Å². The molecule has 1 heterocycles. The first-order chi connectivity index (χ1) is 10.4. The van der Waals surface area contributed by atoms with Crippen molar-refractivity contribution in [2.24, 2.45) is 0 Å². The van der Waals surface area contributed by atoms with Crippen molar-refractivity contribution < 1.29 is 4.79 Å². The third kappa shape index (κ3) is 7.03. The zero-order valence-corrected chi connectivity index (χ0v) is 15.1. The van der Waals surface area contributed by atoms with Gasteiger partial charge in [-0.25, -0.2) is 0 Å². The monoisotopic (exact) mass is 320 g/mol. The van der Waals surface area contributed by atoms with Gasteiger partial charge in [-0.2, -0.15) is 0 Å². The standard InChI is InChI=1S/C18H28N2OS/c1-14(2)7-5-8-15(3)9-6-10-16(4)11-12-20-17(21)13-19-18(20)22/h7,9,11H,5-6,8,10,12-13H2,1-4H3,(H,19,22). The minimum atomic E-state index is 0.0593. The van der Waals surface area contributed by atoms with E-state index in [0.29, 0.717) is 18.2 Å². The van der Waals surface area contributed by atoms with E-state index in [0.717, 1.165) is 25.7 Å². The first-order valence-corrected chi connectivity index (χ1v) is 8.33. The third-order valence-electron chi connectivity index (χ3n) is 3.68. The van der Waals surface area contributed by atoms with Gasteiger partial charge < -0.3 is 5.32 Å². The maximum atomic E-state index is 11.6. The first kappa shape index (κ1) is 18.6. The molecule has 1 fully saturated rings. The van der Waals surface area contributed by atoms with Gasteiger partial charge in [-0.1, -0.05) is 34.9 Å². The van der Waals surface area contributed by atoms with Gasteiger partial charge in [0.1, 0.15) is 0 Å². The second kappa shape index (κ2) is 9.57. The summed E-state index contributed by atoms with van der Waals surface area (Å²) in [4.78, 5) is 13.2. The summed E-state index contributed by atoms with van der Waals surface area (Å²) in [6, 6.07) is 0. The number of nitrogens with one attached hydrogen (secondary N) is 1. The summed E-state index contributed by atoms with van der Waals surface area (Å²) in [7, 11) is 0. The highest BCUT2D eigenvalue weighted by Crippen LogP contribution is 2.12. The molecule has 122 valence electrons. The highest BCUT2D eigenvalue weighted by molar-refractivity contribution is 7.80. The molecule has 1 amide bonds. The van der Waals surface area contributed by atoms with Crippen LogP contribution in [0.2, 0.25) is 0 Å². The number of allylic oxidation sites excluding steroid dienone is 5. The highest BCUT2D eigenvalue weighted by atomic mass is 32.1. The number of carbonyl (C=O) groups is 1. The van der Waals surface area contributed by atoms with Gasteiger partial charge in [-0.15, -0.1) is 0 Å². The largest absolute Gasteiger partial charge is 0.353 e. The summed E-state index contributed by atoms with van der Waals surface area (Å²) in [5, 5.41) is 3.44. The smallest absolute Gasteiger partial charge is 0.248 e. The van der Waals surface area contributed by atoms with Crippen LogP contribution < -0.4 is 5.32 Å². The van der Waals surface area contributed by atoms with Crippen LogP contribution in [0.5, 0.6) is 0 Å². The lowest BCUT2D eigenvalue weighted by Crippen LogP contribution is -2.30. The van der Waals surface area contributed by atoms with Crippen LogP contribution in [0, 0.1) is 0 Å². The molecule has 1 N–H and O–H groups in total. The van der Waals surface area contributed by atoms with E-state index < -0.39 is 0 Å². The molecule has 0 spiro atoms. The van der Waals surface area contributed by atoms with Gasteiger partial charge in [0.25, 0.3) is 0 Å². The quantitative estimate of drug-likeness (QED) is 0.539. The minimum absolute atomic E-state index is 0.0593. The molecule has 22 heavy (non-hydrogen) atoms. The number of carbonyl (C=O) groups excluding carboxylic acids is 1. The fraction of sp³-hybridized carbons (Fsp3) is 0.556. The molecule has 1 rings (SSSR count). The SMILES string of the molecule is CC(C)=CCCC(C)=CCCC(C)=CCN1C(=O)CNC1=S. The van der Waals surface area contributed by atoms with Crippen LogP contribution in [0.15, 0.2) is 34.9 Å². The van der Waals surface area contributed by atoms with Crippen LogP contribution in [0.25, 0.3) is 0 Å². The van der Waals surface area contributed by atoms with Crippen molar-refractivity contribution in [3.05, 3.63) is 34.9 Å². The summed E-state index contributed by atoms with van der Waals surface area (Å²) >= 11 is 5.10. The van der Waals surface area contributed by atoms with Gasteiger partial charge in [-0.3, -0.25) is 9.69 Å². The molecular weight excluding hydrogens is 292 g/mol. The zero-order valence-electron chi connectivity index (χ0n) is 14.2. The summed E-state index contributed by atoms with van der Waals surface area (Å²) in [5.41, 5.74) is 4.14. The molecule has 0 aromatic rings. The van der Waals surface area contributed by atoms with Crippen LogP contribution in [-0.4, -0.2) is 29.0 Å². The Bertz CT molecular complexity index is 483. The molecule has 0 radical (unpaired) electrons. The Kier molecular flexibility index (Phi) is 8.10. The van der Waals surface area contributed by atoms with Crippen molar-refractivity contribution in [3.8, 4) is 0 Å². The topological polar surface area (TPSA) is 32.3 Å². The second-order valence-corrected chi connectivity index (χ2v) is 6.51. The van der Waals surface area contributed by atoms with Crippen molar-refractivity contribution in [2.75, 3.05) is 13.1 Å². The summed E-state index contributed by atoms with van der Waals surface area (Å²) in [5.74, 6) is 0.0593. The Morgan fingerprint density at radius 2 is 1.68 bits per heavy atom. The maximum Gasteiger partial charge on any atom is 0.248 e. The molecule has 4 heteroatoms. The molecule has 0 atom stereocenters. The average molecular weight is 321 g/mol. The Balaban J connectivity index is 2.31. The van der Waals surface area contributed by atoms with Gasteiger partial charge >= 0.3 is 0 Å². The average Bonchev–Trinajstić information content (AvgIpc) is 2.75. The van der Waals surface area contributed by atoms with Crippen LogP contribution >= 0.6 is 12.2 Å². The Morgan fingerprint density at radius 1 is 1.09 bits per heavy atom.